The average molecular weight is 485 g/mol. The Balaban J connectivity index is 0.000000197. The summed E-state index contributed by atoms with van der Waals surface area (Å²) < 4.78 is 38.0. The van der Waals surface area contributed by atoms with Crippen LogP contribution in [0.5, 0.6) is 0 Å². The molecule has 8 nitrogen and oxygen atoms in total. The Morgan fingerprint density at radius 3 is 2.29 bits per heavy atom. The van der Waals surface area contributed by atoms with Crippen LogP contribution in [0, 0.1) is 5.82 Å². The average Bonchev–Trinajstić information content (AvgIpc) is 3.22. The molecule has 0 unspecified atom stereocenters. The molecule has 0 saturated carbocycles. The van der Waals surface area contributed by atoms with Crippen LogP contribution in [0.25, 0.3) is 16.6 Å². The summed E-state index contributed by atoms with van der Waals surface area (Å²) in [7, 11) is -3.60. The van der Waals surface area contributed by atoms with Crippen molar-refractivity contribution in [2.75, 3.05) is 0 Å². The number of benzene rings is 3. The van der Waals surface area contributed by atoms with Crippen molar-refractivity contribution in [3.8, 4) is 5.69 Å². The third-order valence-electron chi connectivity index (χ3n) is 5.04. The van der Waals surface area contributed by atoms with E-state index in [-0.39, 0.29) is 17.9 Å². The SMILES string of the molecule is CC(C)c1ccc(CNS(N)(=O)=O)cc1.O=C(O)c1cccc2c1cnn2-c1ccc(F)cc1. The molecule has 0 bridgehead atoms. The van der Waals surface area contributed by atoms with E-state index in [0.717, 1.165) is 5.56 Å². The van der Waals surface area contributed by atoms with Crippen molar-refractivity contribution < 1.29 is 22.7 Å². The van der Waals surface area contributed by atoms with Gasteiger partial charge in [-0.1, -0.05) is 44.2 Å². The second kappa shape index (κ2) is 10.6. The predicted octanol–water partition coefficient (Wildman–Crippen LogP) is 3.97. The normalized spacial score (nSPS) is 11.3. The predicted molar refractivity (Wildman–Crippen MR) is 128 cm³/mol. The van der Waals surface area contributed by atoms with Crippen LogP contribution in [0.15, 0.2) is 72.9 Å². The summed E-state index contributed by atoms with van der Waals surface area (Å²) in [6.07, 6.45) is 1.50. The van der Waals surface area contributed by atoms with E-state index < -0.39 is 16.2 Å². The maximum absolute atomic E-state index is 12.9. The van der Waals surface area contributed by atoms with E-state index in [2.05, 4.69) is 23.7 Å². The molecule has 0 spiro atoms. The summed E-state index contributed by atoms with van der Waals surface area (Å²) in [5, 5.41) is 18.7. The van der Waals surface area contributed by atoms with Crippen LogP contribution in [0.2, 0.25) is 0 Å². The maximum atomic E-state index is 12.9. The first-order valence-corrected chi connectivity index (χ1v) is 11.9. The van der Waals surface area contributed by atoms with Crippen molar-refractivity contribution in [1.29, 1.82) is 0 Å². The van der Waals surface area contributed by atoms with Gasteiger partial charge in [-0.25, -0.2) is 19.0 Å². The van der Waals surface area contributed by atoms with Gasteiger partial charge in [-0.05, 0) is 53.4 Å². The summed E-state index contributed by atoms with van der Waals surface area (Å²) in [5.74, 6) is -0.846. The van der Waals surface area contributed by atoms with Gasteiger partial charge in [0, 0.05) is 11.9 Å². The molecular formula is C24H25FN4O4S. The number of rotatable bonds is 6. The first kappa shape index (κ1) is 25.0. The zero-order chi connectivity index (χ0) is 24.9. The third kappa shape index (κ3) is 6.47. The number of halogens is 1. The van der Waals surface area contributed by atoms with Gasteiger partial charge < -0.3 is 5.11 Å². The molecule has 0 radical (unpaired) electrons. The number of carboxylic acids is 1. The molecule has 0 aliphatic carbocycles. The van der Waals surface area contributed by atoms with Crippen molar-refractivity contribution in [2.24, 2.45) is 5.14 Å². The number of carbonyl (C=O) groups is 1. The van der Waals surface area contributed by atoms with Crippen LogP contribution in [0.4, 0.5) is 4.39 Å². The summed E-state index contributed by atoms with van der Waals surface area (Å²) >= 11 is 0. The maximum Gasteiger partial charge on any atom is 0.336 e. The molecule has 3 aromatic carbocycles. The van der Waals surface area contributed by atoms with E-state index in [1.807, 2.05) is 24.3 Å². The Morgan fingerprint density at radius 2 is 1.74 bits per heavy atom. The van der Waals surface area contributed by atoms with Crippen LogP contribution >= 0.6 is 0 Å². The number of aromatic nitrogens is 2. The Labute approximate surface area is 197 Å². The lowest BCUT2D eigenvalue weighted by atomic mass is 10.0. The van der Waals surface area contributed by atoms with Gasteiger partial charge in [-0.3, -0.25) is 0 Å². The van der Waals surface area contributed by atoms with Crippen LogP contribution < -0.4 is 9.86 Å². The molecule has 0 aliphatic rings. The Morgan fingerprint density at radius 1 is 1.09 bits per heavy atom. The number of hydrogen-bond donors (Lipinski definition) is 3. The van der Waals surface area contributed by atoms with Crippen molar-refractivity contribution in [1.82, 2.24) is 14.5 Å². The summed E-state index contributed by atoms with van der Waals surface area (Å²) in [6, 6.07) is 18.6. The molecule has 0 amide bonds. The van der Waals surface area contributed by atoms with Gasteiger partial charge in [0.25, 0.3) is 10.2 Å². The van der Waals surface area contributed by atoms with E-state index in [1.165, 1.54) is 30.0 Å². The van der Waals surface area contributed by atoms with Crippen LogP contribution in [-0.4, -0.2) is 29.3 Å². The van der Waals surface area contributed by atoms with E-state index >= 15 is 0 Å². The first-order chi connectivity index (χ1) is 16.0. The zero-order valence-corrected chi connectivity index (χ0v) is 19.5. The summed E-state index contributed by atoms with van der Waals surface area (Å²) in [5.41, 5.74) is 3.68. The lowest BCUT2D eigenvalue weighted by Gasteiger charge is -2.06. The number of carboxylic acid groups (broad SMARTS) is 1. The van der Waals surface area contributed by atoms with Gasteiger partial charge in [0.1, 0.15) is 5.82 Å². The fraction of sp³-hybridized carbons (Fsp3) is 0.167. The molecular weight excluding hydrogens is 459 g/mol. The quantitative estimate of drug-likeness (QED) is 0.382. The highest BCUT2D eigenvalue weighted by atomic mass is 32.2. The number of hydrogen-bond acceptors (Lipinski definition) is 4. The van der Waals surface area contributed by atoms with Gasteiger partial charge in [-0.2, -0.15) is 18.2 Å². The third-order valence-corrected chi connectivity index (χ3v) is 5.59. The Hall–Kier alpha value is -3.60. The summed E-state index contributed by atoms with van der Waals surface area (Å²) in [6.45, 7) is 4.45. The molecule has 178 valence electrons. The molecule has 0 fully saturated rings. The van der Waals surface area contributed by atoms with Gasteiger partial charge >= 0.3 is 5.97 Å². The number of nitrogens with two attached hydrogens (primary N) is 1. The van der Waals surface area contributed by atoms with Gasteiger partial charge in [-0.15, -0.1) is 0 Å². The molecule has 34 heavy (non-hydrogen) atoms. The van der Waals surface area contributed by atoms with Crippen molar-refractivity contribution >= 4 is 27.1 Å². The lowest BCUT2D eigenvalue weighted by Crippen LogP contribution is -2.30. The molecule has 4 N–H and O–H groups in total. The highest BCUT2D eigenvalue weighted by Gasteiger charge is 2.12. The van der Waals surface area contributed by atoms with Crippen LogP contribution in [-0.2, 0) is 16.8 Å². The minimum Gasteiger partial charge on any atom is -0.478 e. The van der Waals surface area contributed by atoms with Crippen molar-refractivity contribution in [3.05, 3.63) is 95.4 Å². The van der Waals surface area contributed by atoms with E-state index in [4.69, 9.17) is 10.2 Å². The van der Waals surface area contributed by atoms with E-state index in [9.17, 15) is 17.6 Å². The zero-order valence-electron chi connectivity index (χ0n) is 18.6. The first-order valence-electron chi connectivity index (χ1n) is 10.4. The molecule has 0 aliphatic heterocycles. The van der Waals surface area contributed by atoms with Gasteiger partial charge in [0.05, 0.1) is 23.0 Å². The standard InChI is InChI=1S/C14H9FN2O2.C10H16N2O2S/c15-9-4-6-10(7-5-9)17-13-3-1-2-11(14(18)19)12(13)8-16-17;1-8(2)10-5-3-9(4-6-10)7-12-15(11,13)14/h1-8H,(H,18,19);3-6,8,12H,7H2,1-2H3,(H2,11,13,14). The molecule has 1 heterocycles. The minimum absolute atomic E-state index is 0.200. The van der Waals surface area contributed by atoms with E-state index in [1.54, 1.807) is 28.9 Å². The highest BCUT2D eigenvalue weighted by molar-refractivity contribution is 7.87. The molecule has 1 aromatic heterocycles. The highest BCUT2D eigenvalue weighted by Crippen LogP contribution is 2.22. The molecule has 4 rings (SSSR count). The number of aromatic carboxylic acids is 1. The Bertz CT molecular complexity index is 1380. The van der Waals surface area contributed by atoms with Crippen LogP contribution in [0.1, 0.15) is 41.3 Å². The van der Waals surface area contributed by atoms with Crippen molar-refractivity contribution in [2.45, 2.75) is 26.3 Å². The number of fused-ring (bicyclic) bond motifs is 1. The minimum atomic E-state index is -3.60. The fourth-order valence-corrected chi connectivity index (χ4v) is 3.60. The molecule has 4 aromatic rings. The molecule has 0 saturated heterocycles. The summed E-state index contributed by atoms with van der Waals surface area (Å²) in [4.78, 5) is 11.1. The number of nitrogens with zero attached hydrogens (tertiary/aromatic N) is 2. The molecule has 0 atom stereocenters. The topological polar surface area (TPSA) is 127 Å². The molecule has 10 heteroatoms. The van der Waals surface area contributed by atoms with E-state index in [0.29, 0.717) is 22.5 Å². The Kier molecular flexibility index (Phi) is 7.77. The fourth-order valence-electron chi connectivity index (χ4n) is 3.23. The van der Waals surface area contributed by atoms with Gasteiger partial charge in [0.15, 0.2) is 0 Å². The largest absolute Gasteiger partial charge is 0.478 e. The van der Waals surface area contributed by atoms with Crippen LogP contribution in [0.3, 0.4) is 0 Å². The lowest BCUT2D eigenvalue weighted by molar-refractivity contribution is 0.0699. The second-order valence-electron chi connectivity index (χ2n) is 7.84. The second-order valence-corrected chi connectivity index (χ2v) is 9.22. The van der Waals surface area contributed by atoms with Crippen molar-refractivity contribution in [3.63, 3.8) is 0 Å². The number of nitrogens with one attached hydrogen (secondary N) is 1. The smallest absolute Gasteiger partial charge is 0.336 e. The monoisotopic (exact) mass is 484 g/mol. The van der Waals surface area contributed by atoms with Gasteiger partial charge in [0.2, 0.25) is 0 Å².